The zero-order chi connectivity index (χ0) is 9.14. The lowest BCUT2D eigenvalue weighted by molar-refractivity contribution is 0.206. The van der Waals surface area contributed by atoms with E-state index >= 15 is 0 Å². The largest absolute Gasteiger partial charge is 0.332 e. The molecule has 12 heavy (non-hydrogen) atoms. The number of terminal acetylenes is 1. The quantitative estimate of drug-likeness (QED) is 0.605. The van der Waals surface area contributed by atoms with E-state index in [9.17, 15) is 4.79 Å². The summed E-state index contributed by atoms with van der Waals surface area (Å²) in [7, 11) is 0. The molecule has 1 rings (SSSR count). The summed E-state index contributed by atoms with van der Waals surface area (Å²) >= 11 is 0. The molecule has 1 atom stereocenters. The summed E-state index contributed by atoms with van der Waals surface area (Å²) < 4.78 is 0. The maximum atomic E-state index is 11.2. The molecule has 1 fully saturated rings. The first-order valence-electron chi connectivity index (χ1n) is 4.15. The smallest absolute Gasteiger partial charge is 0.318 e. The summed E-state index contributed by atoms with van der Waals surface area (Å²) in [5.41, 5.74) is 0. The van der Waals surface area contributed by atoms with Crippen LogP contribution in [0.5, 0.6) is 0 Å². The first-order chi connectivity index (χ1) is 5.65. The first-order valence-corrected chi connectivity index (χ1v) is 4.15. The number of carbonyl (C=O) groups is 1. The molecular weight excluding hydrogens is 152 g/mol. The molecule has 3 nitrogen and oxygen atoms in total. The van der Waals surface area contributed by atoms with Crippen molar-refractivity contribution in [2.45, 2.75) is 32.4 Å². The van der Waals surface area contributed by atoms with Crippen LogP contribution in [0.1, 0.15) is 20.3 Å². The first kappa shape index (κ1) is 8.92. The molecule has 0 aromatic heterocycles. The van der Waals surface area contributed by atoms with E-state index in [0.29, 0.717) is 6.42 Å². The minimum atomic E-state index is 0.00486. The Bertz CT molecular complexity index is 217. The van der Waals surface area contributed by atoms with Crippen LogP contribution in [0.25, 0.3) is 0 Å². The third-order valence-electron chi connectivity index (χ3n) is 1.99. The van der Waals surface area contributed by atoms with Gasteiger partial charge in [-0.05, 0) is 13.8 Å². The fraction of sp³-hybridized carbons (Fsp3) is 0.667. The van der Waals surface area contributed by atoms with E-state index in [1.807, 2.05) is 13.8 Å². The van der Waals surface area contributed by atoms with Crippen molar-refractivity contribution in [3.05, 3.63) is 0 Å². The van der Waals surface area contributed by atoms with E-state index in [1.165, 1.54) is 0 Å². The zero-order valence-corrected chi connectivity index (χ0v) is 7.50. The van der Waals surface area contributed by atoms with E-state index in [2.05, 4.69) is 11.2 Å². The number of carbonyl (C=O) groups excluding carboxylic acids is 1. The van der Waals surface area contributed by atoms with Gasteiger partial charge >= 0.3 is 6.03 Å². The molecule has 0 aromatic carbocycles. The van der Waals surface area contributed by atoms with Crippen LogP contribution >= 0.6 is 0 Å². The fourth-order valence-electron chi connectivity index (χ4n) is 1.33. The van der Waals surface area contributed by atoms with E-state index in [0.717, 1.165) is 6.54 Å². The van der Waals surface area contributed by atoms with Crippen LogP contribution in [0.15, 0.2) is 0 Å². The topological polar surface area (TPSA) is 32.3 Å². The number of hydrogen-bond donors (Lipinski definition) is 1. The second kappa shape index (κ2) is 3.48. The highest BCUT2D eigenvalue weighted by molar-refractivity contribution is 5.77. The lowest BCUT2D eigenvalue weighted by atomic mass is 10.2. The van der Waals surface area contributed by atoms with Crippen LogP contribution in [0.3, 0.4) is 0 Å². The molecule has 2 amide bonds. The van der Waals surface area contributed by atoms with E-state index in [-0.39, 0.29) is 18.1 Å². The molecule has 0 radical (unpaired) electrons. The van der Waals surface area contributed by atoms with Gasteiger partial charge in [0, 0.05) is 19.0 Å². The lowest BCUT2D eigenvalue weighted by Gasteiger charge is -2.18. The molecule has 0 saturated carbocycles. The minimum absolute atomic E-state index is 0.00486. The second-order valence-corrected chi connectivity index (χ2v) is 3.30. The SMILES string of the molecule is C#CCC1CN(C(C)C)C(=O)N1. The van der Waals surface area contributed by atoms with Crippen molar-refractivity contribution in [2.75, 3.05) is 6.54 Å². The molecule has 0 aliphatic carbocycles. The van der Waals surface area contributed by atoms with Crippen LogP contribution in [-0.4, -0.2) is 29.6 Å². The highest BCUT2D eigenvalue weighted by Gasteiger charge is 2.29. The van der Waals surface area contributed by atoms with Gasteiger partial charge < -0.3 is 10.2 Å². The molecule has 1 aliphatic rings. The second-order valence-electron chi connectivity index (χ2n) is 3.30. The molecule has 66 valence electrons. The minimum Gasteiger partial charge on any atom is -0.332 e. The number of hydrogen-bond acceptors (Lipinski definition) is 1. The van der Waals surface area contributed by atoms with Crippen molar-refractivity contribution >= 4 is 6.03 Å². The Hall–Kier alpha value is -1.17. The van der Waals surface area contributed by atoms with Gasteiger partial charge in [0.25, 0.3) is 0 Å². The molecule has 0 bridgehead atoms. The maximum absolute atomic E-state index is 11.2. The van der Waals surface area contributed by atoms with Gasteiger partial charge in [0.1, 0.15) is 0 Å². The summed E-state index contributed by atoms with van der Waals surface area (Å²) in [6.07, 6.45) is 5.78. The Balaban J connectivity index is 2.51. The van der Waals surface area contributed by atoms with Crippen LogP contribution in [0.4, 0.5) is 4.79 Å². The van der Waals surface area contributed by atoms with E-state index < -0.39 is 0 Å². The molecular formula is C9H14N2O. The van der Waals surface area contributed by atoms with Crippen LogP contribution in [-0.2, 0) is 0 Å². The molecule has 0 spiro atoms. The Morgan fingerprint density at radius 3 is 2.92 bits per heavy atom. The lowest BCUT2D eigenvalue weighted by Crippen LogP contribution is -2.33. The predicted octanol–water partition coefficient (Wildman–Crippen LogP) is 0.812. The van der Waals surface area contributed by atoms with Gasteiger partial charge in [-0.1, -0.05) is 0 Å². The highest BCUT2D eigenvalue weighted by atomic mass is 16.2. The van der Waals surface area contributed by atoms with E-state index in [4.69, 9.17) is 6.42 Å². The van der Waals surface area contributed by atoms with Crippen molar-refractivity contribution < 1.29 is 4.79 Å². The van der Waals surface area contributed by atoms with Crippen molar-refractivity contribution in [1.29, 1.82) is 0 Å². The number of nitrogens with one attached hydrogen (secondary N) is 1. The van der Waals surface area contributed by atoms with Crippen LogP contribution in [0, 0.1) is 12.3 Å². The average Bonchev–Trinajstić information content (AvgIpc) is 2.32. The fourth-order valence-corrected chi connectivity index (χ4v) is 1.33. The molecule has 1 unspecified atom stereocenters. The van der Waals surface area contributed by atoms with Crippen molar-refractivity contribution in [3.8, 4) is 12.3 Å². The molecule has 0 aromatic rings. The van der Waals surface area contributed by atoms with Crippen molar-refractivity contribution in [2.24, 2.45) is 0 Å². The van der Waals surface area contributed by atoms with Gasteiger partial charge in [0.2, 0.25) is 0 Å². The van der Waals surface area contributed by atoms with Crippen molar-refractivity contribution in [3.63, 3.8) is 0 Å². The van der Waals surface area contributed by atoms with Gasteiger partial charge in [-0.2, -0.15) is 0 Å². The number of rotatable bonds is 2. The van der Waals surface area contributed by atoms with Crippen LogP contribution in [0.2, 0.25) is 0 Å². The van der Waals surface area contributed by atoms with Gasteiger partial charge in [-0.25, -0.2) is 4.79 Å². The molecule has 1 saturated heterocycles. The van der Waals surface area contributed by atoms with E-state index in [1.54, 1.807) is 4.90 Å². The third kappa shape index (κ3) is 1.70. The third-order valence-corrected chi connectivity index (χ3v) is 1.99. The van der Waals surface area contributed by atoms with Gasteiger partial charge in [-0.15, -0.1) is 12.3 Å². The van der Waals surface area contributed by atoms with Gasteiger partial charge in [-0.3, -0.25) is 0 Å². The summed E-state index contributed by atoms with van der Waals surface area (Å²) in [5.74, 6) is 2.55. The summed E-state index contributed by atoms with van der Waals surface area (Å²) in [6.45, 7) is 4.73. The average molecular weight is 166 g/mol. The monoisotopic (exact) mass is 166 g/mol. The number of nitrogens with zero attached hydrogens (tertiary/aromatic N) is 1. The van der Waals surface area contributed by atoms with Crippen LogP contribution < -0.4 is 5.32 Å². The summed E-state index contributed by atoms with van der Waals surface area (Å²) in [6, 6.07) is 0.405. The van der Waals surface area contributed by atoms with Gasteiger partial charge in [0.15, 0.2) is 0 Å². The summed E-state index contributed by atoms with van der Waals surface area (Å²) in [5, 5.41) is 2.83. The molecule has 1 heterocycles. The number of urea groups is 1. The molecule has 1 aliphatic heterocycles. The predicted molar refractivity (Wildman–Crippen MR) is 47.6 cm³/mol. The maximum Gasteiger partial charge on any atom is 0.318 e. The molecule has 3 heteroatoms. The number of amides is 2. The Labute approximate surface area is 73.1 Å². The summed E-state index contributed by atoms with van der Waals surface area (Å²) in [4.78, 5) is 13.0. The van der Waals surface area contributed by atoms with Crippen molar-refractivity contribution in [1.82, 2.24) is 10.2 Å². The Morgan fingerprint density at radius 1 is 1.83 bits per heavy atom. The zero-order valence-electron chi connectivity index (χ0n) is 7.50. The Kier molecular flexibility index (Phi) is 2.59. The Morgan fingerprint density at radius 2 is 2.50 bits per heavy atom. The normalized spacial score (nSPS) is 22.7. The molecule has 1 N–H and O–H groups in total. The highest BCUT2D eigenvalue weighted by Crippen LogP contribution is 2.09. The standard InChI is InChI=1S/C9H14N2O/c1-4-5-8-6-11(7(2)3)9(12)10-8/h1,7-8H,5-6H2,2-3H3,(H,10,12). The van der Waals surface area contributed by atoms with Gasteiger partial charge in [0.05, 0.1) is 6.04 Å².